The van der Waals surface area contributed by atoms with Crippen LogP contribution in [0.4, 0.5) is 0 Å². The van der Waals surface area contributed by atoms with Crippen LogP contribution in [0.3, 0.4) is 0 Å². The highest BCUT2D eigenvalue weighted by atomic mass is 16.6. The summed E-state index contributed by atoms with van der Waals surface area (Å²) in [7, 11) is 1.69. The van der Waals surface area contributed by atoms with E-state index in [1.807, 2.05) is 30.3 Å². The lowest BCUT2D eigenvalue weighted by Gasteiger charge is -2.29. The van der Waals surface area contributed by atoms with Crippen molar-refractivity contribution in [1.29, 1.82) is 5.26 Å². The zero-order valence-corrected chi connectivity index (χ0v) is 12.5. The minimum atomic E-state index is -0.232. The molecular formula is C15H15N5O3. The minimum Gasteiger partial charge on any atom is -0.486 e. The van der Waals surface area contributed by atoms with E-state index in [0.29, 0.717) is 24.7 Å². The maximum Gasteiger partial charge on any atom is 0.252 e. The third-order valence-corrected chi connectivity index (χ3v) is 3.40. The summed E-state index contributed by atoms with van der Waals surface area (Å²) in [5.74, 6) is 1.28. The predicted octanol–water partition coefficient (Wildman–Crippen LogP) is 0.448. The summed E-state index contributed by atoms with van der Waals surface area (Å²) in [6, 6.07) is 9.25. The van der Waals surface area contributed by atoms with Crippen LogP contribution in [0, 0.1) is 11.3 Å². The number of amides is 1. The number of fused-ring (bicyclic) bond motifs is 1. The number of likely N-dealkylation sites (N-methyl/N-ethyl adjacent to an activating group) is 1. The number of ether oxygens (including phenoxy) is 2. The molecule has 3 rings (SSSR count). The standard InChI is InChI=1S/C15H15N5O3/c1-19(15(21)8-20-10-17-14(6-16)18-20)7-11-9-22-12-4-2-3-5-13(12)23-11/h2-5,10-11H,7-9H2,1H3. The first-order valence-corrected chi connectivity index (χ1v) is 7.07. The summed E-state index contributed by atoms with van der Waals surface area (Å²) in [6.45, 7) is 0.804. The maximum atomic E-state index is 12.2. The molecule has 0 bridgehead atoms. The number of nitrogens with zero attached hydrogens (tertiary/aromatic N) is 5. The largest absolute Gasteiger partial charge is 0.486 e. The number of hydrogen-bond acceptors (Lipinski definition) is 6. The molecule has 0 fully saturated rings. The molecule has 0 spiro atoms. The summed E-state index contributed by atoms with van der Waals surface area (Å²) >= 11 is 0. The molecule has 1 amide bonds. The number of aromatic nitrogens is 3. The molecule has 8 nitrogen and oxygen atoms in total. The van der Waals surface area contributed by atoms with Crippen LogP contribution in [0.1, 0.15) is 5.82 Å². The Kier molecular flexibility index (Phi) is 4.10. The Morgan fingerprint density at radius 1 is 1.48 bits per heavy atom. The fourth-order valence-electron chi connectivity index (χ4n) is 2.24. The molecule has 8 heteroatoms. The lowest BCUT2D eigenvalue weighted by molar-refractivity contribution is -0.132. The lowest BCUT2D eigenvalue weighted by Crippen LogP contribution is -2.42. The van der Waals surface area contributed by atoms with Gasteiger partial charge in [-0.3, -0.25) is 4.79 Å². The fourth-order valence-corrected chi connectivity index (χ4v) is 2.24. The van der Waals surface area contributed by atoms with Crippen molar-refractivity contribution in [3.8, 4) is 17.6 Å². The molecule has 0 N–H and O–H groups in total. The van der Waals surface area contributed by atoms with Gasteiger partial charge in [0.2, 0.25) is 5.91 Å². The summed E-state index contributed by atoms with van der Waals surface area (Å²) in [4.78, 5) is 17.5. The number of carbonyl (C=O) groups excluding carboxylic acids is 1. The summed E-state index contributed by atoms with van der Waals surface area (Å²) < 4.78 is 12.8. The molecule has 118 valence electrons. The Hall–Kier alpha value is -3.08. The van der Waals surface area contributed by atoms with Crippen molar-refractivity contribution in [3.05, 3.63) is 36.4 Å². The molecule has 0 radical (unpaired) electrons. The number of nitriles is 1. The molecule has 1 aliphatic rings. The van der Waals surface area contributed by atoms with E-state index in [1.54, 1.807) is 11.9 Å². The van der Waals surface area contributed by atoms with Crippen molar-refractivity contribution < 1.29 is 14.3 Å². The van der Waals surface area contributed by atoms with E-state index in [0.717, 1.165) is 0 Å². The monoisotopic (exact) mass is 313 g/mol. The van der Waals surface area contributed by atoms with Gasteiger partial charge in [-0.25, -0.2) is 9.67 Å². The number of benzene rings is 1. The average Bonchev–Trinajstić information content (AvgIpc) is 3.02. The molecule has 1 unspecified atom stereocenters. The number of para-hydroxylation sites is 2. The molecule has 23 heavy (non-hydrogen) atoms. The van der Waals surface area contributed by atoms with E-state index in [4.69, 9.17) is 14.7 Å². The smallest absolute Gasteiger partial charge is 0.252 e. The number of carbonyl (C=O) groups is 1. The van der Waals surface area contributed by atoms with Gasteiger partial charge >= 0.3 is 0 Å². The second-order valence-corrected chi connectivity index (χ2v) is 5.15. The van der Waals surface area contributed by atoms with E-state index >= 15 is 0 Å². The molecule has 0 aliphatic carbocycles. The Morgan fingerprint density at radius 3 is 3.00 bits per heavy atom. The Bertz CT molecular complexity index is 752. The van der Waals surface area contributed by atoms with Gasteiger partial charge < -0.3 is 14.4 Å². The van der Waals surface area contributed by atoms with Crippen LogP contribution in [0.25, 0.3) is 0 Å². The Morgan fingerprint density at radius 2 is 2.26 bits per heavy atom. The van der Waals surface area contributed by atoms with Gasteiger partial charge in [0.05, 0.1) is 6.54 Å². The molecule has 0 saturated heterocycles. The first kappa shape index (κ1) is 14.8. The van der Waals surface area contributed by atoms with E-state index in [9.17, 15) is 4.79 Å². The summed E-state index contributed by atoms with van der Waals surface area (Å²) in [6.07, 6.45) is 1.13. The van der Waals surface area contributed by atoms with Gasteiger partial charge in [-0.15, -0.1) is 5.10 Å². The highest BCUT2D eigenvalue weighted by molar-refractivity contribution is 5.75. The lowest BCUT2D eigenvalue weighted by atomic mass is 10.2. The zero-order valence-electron chi connectivity index (χ0n) is 12.5. The third kappa shape index (κ3) is 3.40. The second kappa shape index (κ2) is 6.36. The zero-order chi connectivity index (χ0) is 16.2. The summed E-state index contributed by atoms with van der Waals surface area (Å²) in [5.41, 5.74) is 0. The highest BCUT2D eigenvalue weighted by Gasteiger charge is 2.23. The average molecular weight is 313 g/mol. The van der Waals surface area contributed by atoms with E-state index in [-0.39, 0.29) is 24.4 Å². The first-order valence-electron chi connectivity index (χ1n) is 7.07. The molecule has 0 saturated carbocycles. The van der Waals surface area contributed by atoms with Crippen molar-refractivity contribution in [3.63, 3.8) is 0 Å². The van der Waals surface area contributed by atoms with Gasteiger partial charge in [0.15, 0.2) is 17.6 Å². The van der Waals surface area contributed by atoms with E-state index in [1.165, 1.54) is 11.0 Å². The second-order valence-electron chi connectivity index (χ2n) is 5.15. The predicted molar refractivity (Wildman–Crippen MR) is 78.7 cm³/mol. The molecule has 2 heterocycles. The first-order chi connectivity index (χ1) is 11.2. The van der Waals surface area contributed by atoms with Crippen LogP contribution in [-0.4, -0.2) is 51.9 Å². The van der Waals surface area contributed by atoms with Crippen LogP contribution in [-0.2, 0) is 11.3 Å². The van der Waals surface area contributed by atoms with Gasteiger partial charge in [-0.2, -0.15) is 5.26 Å². The number of rotatable bonds is 4. The van der Waals surface area contributed by atoms with Crippen molar-refractivity contribution >= 4 is 5.91 Å². The van der Waals surface area contributed by atoms with Gasteiger partial charge in [-0.1, -0.05) is 12.1 Å². The quantitative estimate of drug-likeness (QED) is 0.813. The van der Waals surface area contributed by atoms with Gasteiger partial charge in [0.1, 0.15) is 25.5 Å². The molecule has 1 aromatic carbocycles. The topological polar surface area (TPSA) is 93.3 Å². The van der Waals surface area contributed by atoms with Crippen LogP contribution >= 0.6 is 0 Å². The maximum absolute atomic E-state index is 12.2. The van der Waals surface area contributed by atoms with Crippen molar-refractivity contribution in [1.82, 2.24) is 19.7 Å². The molecule has 1 atom stereocenters. The molecule has 1 aliphatic heterocycles. The van der Waals surface area contributed by atoms with Gasteiger partial charge in [0, 0.05) is 7.05 Å². The molecular weight excluding hydrogens is 298 g/mol. The highest BCUT2D eigenvalue weighted by Crippen LogP contribution is 2.30. The van der Waals surface area contributed by atoms with Gasteiger partial charge in [-0.05, 0) is 12.1 Å². The minimum absolute atomic E-state index is 0.0232. The van der Waals surface area contributed by atoms with Crippen LogP contribution < -0.4 is 9.47 Å². The molecule has 1 aromatic heterocycles. The van der Waals surface area contributed by atoms with E-state index < -0.39 is 0 Å². The summed E-state index contributed by atoms with van der Waals surface area (Å²) in [5, 5.41) is 12.5. The SMILES string of the molecule is CN(CC1COc2ccccc2O1)C(=O)Cn1cnc(C#N)n1. The van der Waals surface area contributed by atoms with Crippen molar-refractivity contribution in [2.75, 3.05) is 20.2 Å². The fraction of sp³-hybridized carbons (Fsp3) is 0.333. The Balaban J connectivity index is 1.56. The van der Waals surface area contributed by atoms with E-state index in [2.05, 4.69) is 10.1 Å². The normalized spacial score (nSPS) is 15.7. The van der Waals surface area contributed by atoms with Crippen molar-refractivity contribution in [2.45, 2.75) is 12.6 Å². The van der Waals surface area contributed by atoms with Crippen LogP contribution in [0.2, 0.25) is 0 Å². The van der Waals surface area contributed by atoms with Gasteiger partial charge in [0.25, 0.3) is 5.82 Å². The molecule has 2 aromatic rings. The number of hydrogen-bond donors (Lipinski definition) is 0. The third-order valence-electron chi connectivity index (χ3n) is 3.40. The van der Waals surface area contributed by atoms with Crippen LogP contribution in [0.15, 0.2) is 30.6 Å². The Labute approximate surface area is 132 Å². The van der Waals surface area contributed by atoms with Crippen molar-refractivity contribution in [2.24, 2.45) is 0 Å². The van der Waals surface area contributed by atoms with Crippen LogP contribution in [0.5, 0.6) is 11.5 Å².